The van der Waals surface area contributed by atoms with Crippen molar-refractivity contribution < 1.29 is 9.90 Å². The summed E-state index contributed by atoms with van der Waals surface area (Å²) in [5.41, 5.74) is 3.19. The minimum absolute atomic E-state index is 0.324. The van der Waals surface area contributed by atoms with Crippen LogP contribution in [0.15, 0.2) is 0 Å². The second kappa shape index (κ2) is 3.36. The second-order valence-electron chi connectivity index (χ2n) is 3.67. The van der Waals surface area contributed by atoms with Crippen LogP contribution in [0.1, 0.15) is 34.6 Å². The van der Waals surface area contributed by atoms with Crippen LogP contribution in [-0.2, 0) is 6.42 Å². The van der Waals surface area contributed by atoms with Gasteiger partial charge in [0, 0.05) is 17.8 Å². The van der Waals surface area contributed by atoms with Crippen LogP contribution < -0.4 is 5.32 Å². The van der Waals surface area contributed by atoms with E-state index >= 15 is 0 Å². The van der Waals surface area contributed by atoms with Gasteiger partial charge < -0.3 is 15.4 Å². The molecule has 0 atom stereocenters. The summed E-state index contributed by atoms with van der Waals surface area (Å²) >= 11 is 0. The molecule has 0 fully saturated rings. The summed E-state index contributed by atoms with van der Waals surface area (Å²) in [6.45, 7) is 2.78. The van der Waals surface area contributed by atoms with Crippen LogP contribution in [0.3, 0.4) is 0 Å². The predicted octanol–water partition coefficient (Wildman–Crippen LogP) is 1.77. The summed E-state index contributed by atoms with van der Waals surface area (Å²) in [4.78, 5) is 13.8. The molecule has 2 heterocycles. The molecule has 0 bridgehead atoms. The van der Waals surface area contributed by atoms with E-state index in [0.29, 0.717) is 5.69 Å². The topological polar surface area (TPSA) is 65.1 Å². The third-order valence-electron chi connectivity index (χ3n) is 2.70. The molecule has 4 nitrogen and oxygen atoms in total. The molecule has 0 aliphatic carbocycles. The van der Waals surface area contributed by atoms with Crippen molar-refractivity contribution in [3.05, 3.63) is 17.0 Å². The van der Waals surface area contributed by atoms with Gasteiger partial charge in [-0.2, -0.15) is 0 Å². The zero-order valence-electron chi connectivity index (χ0n) is 8.18. The van der Waals surface area contributed by atoms with Gasteiger partial charge in [-0.05, 0) is 26.2 Å². The van der Waals surface area contributed by atoms with Crippen LogP contribution in [0, 0.1) is 6.92 Å². The van der Waals surface area contributed by atoms with Crippen molar-refractivity contribution >= 4 is 11.7 Å². The fourth-order valence-electron chi connectivity index (χ4n) is 1.94. The van der Waals surface area contributed by atoms with Crippen LogP contribution in [0.25, 0.3) is 0 Å². The molecule has 3 N–H and O–H groups in total. The number of carboxylic acids is 1. The first-order chi connectivity index (χ1) is 6.70. The van der Waals surface area contributed by atoms with E-state index in [0.717, 1.165) is 42.8 Å². The van der Waals surface area contributed by atoms with Gasteiger partial charge in [0.15, 0.2) is 0 Å². The molecule has 0 saturated heterocycles. The first-order valence-electron chi connectivity index (χ1n) is 4.88. The Kier molecular flexibility index (Phi) is 2.19. The normalized spacial score (nSPS) is 15.5. The summed E-state index contributed by atoms with van der Waals surface area (Å²) in [6, 6.07) is 0. The van der Waals surface area contributed by atoms with Gasteiger partial charge in [-0.15, -0.1) is 0 Å². The quantitative estimate of drug-likeness (QED) is 0.638. The van der Waals surface area contributed by atoms with E-state index in [2.05, 4.69) is 10.3 Å². The van der Waals surface area contributed by atoms with Crippen LogP contribution in [0.2, 0.25) is 0 Å². The standard InChI is InChI=1S/C10H14N2O2/c1-6-8-7(4-2-3-5-11-8)12-9(6)10(13)14/h11-12H,2-5H2,1H3,(H,13,14). The number of aromatic nitrogens is 1. The molecule has 2 rings (SSSR count). The number of rotatable bonds is 1. The van der Waals surface area contributed by atoms with Crippen molar-refractivity contribution in [3.63, 3.8) is 0 Å². The van der Waals surface area contributed by atoms with E-state index in [1.807, 2.05) is 6.92 Å². The van der Waals surface area contributed by atoms with Crippen molar-refractivity contribution in [2.45, 2.75) is 26.2 Å². The molecule has 1 aromatic heterocycles. The SMILES string of the molecule is Cc1c(C(=O)O)[nH]c2c1NCCCC2. The molecule has 0 saturated carbocycles. The number of aromatic amines is 1. The highest BCUT2D eigenvalue weighted by molar-refractivity contribution is 5.90. The van der Waals surface area contributed by atoms with Gasteiger partial charge in [0.05, 0.1) is 5.69 Å². The highest BCUT2D eigenvalue weighted by Gasteiger charge is 2.19. The molecule has 76 valence electrons. The van der Waals surface area contributed by atoms with Crippen LogP contribution in [0.4, 0.5) is 5.69 Å². The van der Waals surface area contributed by atoms with E-state index in [1.165, 1.54) is 0 Å². The number of nitrogens with one attached hydrogen (secondary N) is 2. The van der Waals surface area contributed by atoms with Crippen LogP contribution in [-0.4, -0.2) is 22.6 Å². The monoisotopic (exact) mass is 194 g/mol. The van der Waals surface area contributed by atoms with Gasteiger partial charge in [-0.1, -0.05) is 0 Å². The lowest BCUT2D eigenvalue weighted by atomic mass is 10.2. The molecule has 1 aliphatic heterocycles. The Morgan fingerprint density at radius 1 is 1.43 bits per heavy atom. The Labute approximate surface area is 82.3 Å². The maximum atomic E-state index is 10.9. The smallest absolute Gasteiger partial charge is 0.352 e. The Hall–Kier alpha value is -1.45. The highest BCUT2D eigenvalue weighted by atomic mass is 16.4. The number of fused-ring (bicyclic) bond motifs is 1. The Bertz CT molecular complexity index is 368. The maximum absolute atomic E-state index is 10.9. The lowest BCUT2D eigenvalue weighted by Gasteiger charge is -2.02. The van der Waals surface area contributed by atoms with E-state index in [1.54, 1.807) is 0 Å². The maximum Gasteiger partial charge on any atom is 0.352 e. The molecular weight excluding hydrogens is 180 g/mol. The lowest BCUT2D eigenvalue weighted by Crippen LogP contribution is -2.02. The number of aryl methyl sites for hydroxylation is 1. The fraction of sp³-hybridized carbons (Fsp3) is 0.500. The molecule has 14 heavy (non-hydrogen) atoms. The van der Waals surface area contributed by atoms with Gasteiger partial charge in [-0.25, -0.2) is 4.79 Å². The molecule has 0 spiro atoms. The number of H-pyrrole nitrogens is 1. The van der Waals surface area contributed by atoms with Crippen molar-refractivity contribution in [3.8, 4) is 0 Å². The van der Waals surface area contributed by atoms with E-state index in [9.17, 15) is 4.79 Å². The molecule has 1 aromatic rings. The molecular formula is C10H14N2O2. The van der Waals surface area contributed by atoms with Gasteiger partial charge in [0.1, 0.15) is 5.69 Å². The summed E-state index contributed by atoms with van der Waals surface area (Å²) in [5.74, 6) is -0.877. The van der Waals surface area contributed by atoms with Crippen molar-refractivity contribution in [2.75, 3.05) is 11.9 Å². The first kappa shape index (κ1) is 9.12. The van der Waals surface area contributed by atoms with E-state index in [-0.39, 0.29) is 0 Å². The van der Waals surface area contributed by atoms with Crippen molar-refractivity contribution in [1.29, 1.82) is 0 Å². The predicted molar refractivity (Wildman–Crippen MR) is 53.9 cm³/mol. The second-order valence-corrected chi connectivity index (χ2v) is 3.67. The Morgan fingerprint density at radius 3 is 2.93 bits per heavy atom. The lowest BCUT2D eigenvalue weighted by molar-refractivity contribution is 0.0690. The Balaban J connectivity index is 2.45. The third-order valence-corrected chi connectivity index (χ3v) is 2.70. The molecule has 0 aromatic carbocycles. The van der Waals surface area contributed by atoms with Gasteiger partial charge in [0.25, 0.3) is 0 Å². The summed E-state index contributed by atoms with van der Waals surface area (Å²) < 4.78 is 0. The van der Waals surface area contributed by atoms with Gasteiger partial charge >= 0.3 is 5.97 Å². The summed E-state index contributed by atoms with van der Waals surface area (Å²) in [6.07, 6.45) is 3.19. The molecule has 0 amide bonds. The number of anilines is 1. The molecule has 0 unspecified atom stereocenters. The van der Waals surface area contributed by atoms with Gasteiger partial charge in [0.2, 0.25) is 0 Å². The number of hydrogen-bond acceptors (Lipinski definition) is 2. The molecule has 0 radical (unpaired) electrons. The molecule has 1 aliphatic rings. The number of aromatic carboxylic acids is 1. The minimum Gasteiger partial charge on any atom is -0.477 e. The zero-order valence-corrected chi connectivity index (χ0v) is 8.18. The van der Waals surface area contributed by atoms with Crippen LogP contribution >= 0.6 is 0 Å². The third kappa shape index (κ3) is 1.36. The van der Waals surface area contributed by atoms with E-state index in [4.69, 9.17) is 5.11 Å². The average Bonchev–Trinajstić information content (AvgIpc) is 2.37. The fourth-order valence-corrected chi connectivity index (χ4v) is 1.94. The average molecular weight is 194 g/mol. The zero-order chi connectivity index (χ0) is 10.1. The number of hydrogen-bond donors (Lipinski definition) is 3. The van der Waals surface area contributed by atoms with Crippen molar-refractivity contribution in [1.82, 2.24) is 4.98 Å². The van der Waals surface area contributed by atoms with Crippen LogP contribution in [0.5, 0.6) is 0 Å². The van der Waals surface area contributed by atoms with Crippen molar-refractivity contribution in [2.24, 2.45) is 0 Å². The number of carboxylic acid groups (broad SMARTS) is 1. The molecule has 4 heteroatoms. The van der Waals surface area contributed by atoms with E-state index < -0.39 is 5.97 Å². The largest absolute Gasteiger partial charge is 0.477 e. The highest BCUT2D eigenvalue weighted by Crippen LogP contribution is 2.27. The summed E-state index contributed by atoms with van der Waals surface area (Å²) in [5, 5.41) is 12.2. The number of carbonyl (C=O) groups is 1. The Morgan fingerprint density at radius 2 is 2.21 bits per heavy atom. The minimum atomic E-state index is -0.877. The first-order valence-corrected chi connectivity index (χ1v) is 4.88. The summed E-state index contributed by atoms with van der Waals surface area (Å²) in [7, 11) is 0. The van der Waals surface area contributed by atoms with Gasteiger partial charge in [-0.3, -0.25) is 0 Å².